The Bertz CT molecular complexity index is 1480. The van der Waals surface area contributed by atoms with Gasteiger partial charge in [-0.3, -0.25) is 9.59 Å². The monoisotopic (exact) mass is 523 g/mol. The summed E-state index contributed by atoms with van der Waals surface area (Å²) in [6.45, 7) is 8.91. The first-order chi connectivity index (χ1) is 19.0. The molecule has 2 N–H and O–H groups in total. The van der Waals surface area contributed by atoms with E-state index >= 15 is 0 Å². The highest BCUT2D eigenvalue weighted by atomic mass is 16.2. The number of fused-ring (bicyclic) bond motifs is 2. The number of likely N-dealkylation sites (tertiary alicyclic amines) is 1. The maximum Gasteiger partial charge on any atom is 0.254 e. The molecule has 0 radical (unpaired) electrons. The van der Waals surface area contributed by atoms with Gasteiger partial charge < -0.3 is 20.1 Å². The predicted molar refractivity (Wildman–Crippen MR) is 154 cm³/mol. The van der Waals surface area contributed by atoms with Crippen LogP contribution in [0.15, 0.2) is 54.2 Å². The number of aromatic amines is 1. The van der Waals surface area contributed by atoms with E-state index in [0.717, 1.165) is 66.9 Å². The Kier molecular flexibility index (Phi) is 7.09. The number of carbonyl (C=O) groups is 2. The topological polar surface area (TPSA) is 81.3 Å². The van der Waals surface area contributed by atoms with Crippen molar-refractivity contribution in [2.75, 3.05) is 26.2 Å². The molecular weight excluding hydrogens is 486 g/mol. The number of allylic oxidation sites excluding steroid dienone is 3. The molecule has 1 aliphatic carbocycles. The van der Waals surface area contributed by atoms with Crippen LogP contribution in [0, 0.1) is 0 Å². The van der Waals surface area contributed by atoms with Crippen molar-refractivity contribution < 1.29 is 9.59 Å². The van der Waals surface area contributed by atoms with Crippen LogP contribution in [0.3, 0.4) is 0 Å². The molecule has 0 spiro atoms. The average molecular weight is 524 g/mol. The summed E-state index contributed by atoms with van der Waals surface area (Å²) in [5.41, 5.74) is 7.39. The Balaban J connectivity index is 1.23. The Morgan fingerprint density at radius 3 is 2.67 bits per heavy atom. The van der Waals surface area contributed by atoms with Crippen molar-refractivity contribution >= 4 is 28.3 Å². The highest BCUT2D eigenvalue weighted by molar-refractivity contribution is 6.22. The Hall–Kier alpha value is -3.71. The highest BCUT2D eigenvalue weighted by Crippen LogP contribution is 2.30. The van der Waals surface area contributed by atoms with Crippen molar-refractivity contribution in [3.05, 3.63) is 82.3 Å². The van der Waals surface area contributed by atoms with Crippen molar-refractivity contribution in [1.82, 2.24) is 25.1 Å². The second-order valence-electron chi connectivity index (χ2n) is 11.1. The minimum atomic E-state index is 0.0388. The molecule has 1 atom stereocenters. The lowest BCUT2D eigenvalue weighted by atomic mass is 9.97. The number of hydrogen-bond donors (Lipinski definition) is 2. The van der Waals surface area contributed by atoms with Crippen LogP contribution >= 0.6 is 0 Å². The fourth-order valence-corrected chi connectivity index (χ4v) is 6.19. The second-order valence-corrected chi connectivity index (χ2v) is 11.1. The second kappa shape index (κ2) is 10.8. The fraction of sp³-hybridized carbons (Fsp3) is 0.406. The van der Waals surface area contributed by atoms with Crippen LogP contribution in [0.1, 0.15) is 66.0 Å². The van der Waals surface area contributed by atoms with Crippen LogP contribution < -0.4 is 5.32 Å². The van der Waals surface area contributed by atoms with E-state index in [1.165, 1.54) is 24.0 Å². The molecule has 1 fully saturated rings. The summed E-state index contributed by atoms with van der Waals surface area (Å²) in [6, 6.07) is 12.6. The number of carbonyl (C=O) groups excluding carboxylic acids is 2. The number of nitrogens with one attached hydrogen (secondary N) is 2. The van der Waals surface area contributed by atoms with Gasteiger partial charge in [0.1, 0.15) is 5.82 Å². The number of imidazole rings is 1. The largest absolute Gasteiger partial charge is 0.382 e. The normalized spacial score (nSPS) is 18.5. The molecule has 202 valence electrons. The van der Waals surface area contributed by atoms with Gasteiger partial charge in [0.05, 0.1) is 16.6 Å². The first-order valence-electron chi connectivity index (χ1n) is 14.3. The zero-order valence-corrected chi connectivity index (χ0v) is 22.9. The van der Waals surface area contributed by atoms with E-state index in [-0.39, 0.29) is 17.7 Å². The molecule has 1 amide bonds. The van der Waals surface area contributed by atoms with Crippen LogP contribution in [-0.2, 0) is 24.2 Å². The summed E-state index contributed by atoms with van der Waals surface area (Å²) in [5.74, 6) is 0.678. The number of nitrogens with zero attached hydrogens (tertiary/aromatic N) is 3. The number of hydrogen-bond acceptors (Lipinski definition) is 5. The van der Waals surface area contributed by atoms with Crippen molar-refractivity contribution in [2.24, 2.45) is 0 Å². The van der Waals surface area contributed by atoms with Crippen LogP contribution in [0.5, 0.6) is 0 Å². The lowest BCUT2D eigenvalue weighted by Gasteiger charge is -2.21. The molecule has 0 bridgehead atoms. The zero-order chi connectivity index (χ0) is 26.9. The van der Waals surface area contributed by atoms with Crippen LogP contribution in [0.4, 0.5) is 0 Å². The van der Waals surface area contributed by atoms with Gasteiger partial charge in [0.25, 0.3) is 5.91 Å². The third kappa shape index (κ3) is 5.15. The molecule has 2 aliphatic heterocycles. The maximum absolute atomic E-state index is 13.2. The first kappa shape index (κ1) is 25.6. The van der Waals surface area contributed by atoms with Gasteiger partial charge in [0.2, 0.25) is 0 Å². The molecule has 7 heteroatoms. The predicted octanol–water partition coefficient (Wildman–Crippen LogP) is 4.64. The summed E-state index contributed by atoms with van der Waals surface area (Å²) >= 11 is 0. The van der Waals surface area contributed by atoms with Crippen molar-refractivity contribution in [1.29, 1.82) is 0 Å². The van der Waals surface area contributed by atoms with Gasteiger partial charge >= 0.3 is 0 Å². The zero-order valence-electron chi connectivity index (χ0n) is 22.9. The standard InChI is InChI=1S/C32H37N5O2/c1-3-22-9-4-5-10-23(22)17-21(2)33-26-11-8-12-29(38)30(26)31-34-27-18-24-20-37(16-15-36-13-6-7-14-36)32(39)25(24)19-28(27)35-31/h4-5,8-11,18-19,21,33H,3,6-7,12-17,20H2,1-2H3,(H,34,35)/t21-/m0/s1. The summed E-state index contributed by atoms with van der Waals surface area (Å²) in [4.78, 5) is 38.9. The quantitative estimate of drug-likeness (QED) is 0.427. The van der Waals surface area contributed by atoms with Crippen LogP contribution in [-0.4, -0.2) is 63.7 Å². The minimum absolute atomic E-state index is 0.0388. The first-order valence-corrected chi connectivity index (χ1v) is 14.3. The summed E-state index contributed by atoms with van der Waals surface area (Å²) in [5, 5.41) is 3.58. The van der Waals surface area contributed by atoms with Crippen LogP contribution in [0.25, 0.3) is 16.6 Å². The molecular formula is C32H37N5O2. The number of rotatable bonds is 9. The van der Waals surface area contributed by atoms with Gasteiger partial charge in [-0.05, 0) is 80.6 Å². The van der Waals surface area contributed by atoms with Gasteiger partial charge in [-0.15, -0.1) is 0 Å². The lowest BCUT2D eigenvalue weighted by Crippen LogP contribution is -2.33. The van der Waals surface area contributed by atoms with E-state index < -0.39 is 0 Å². The Morgan fingerprint density at radius 2 is 1.87 bits per heavy atom. The summed E-state index contributed by atoms with van der Waals surface area (Å²) in [7, 11) is 0. The third-order valence-corrected chi connectivity index (χ3v) is 8.27. The van der Waals surface area contributed by atoms with E-state index in [4.69, 9.17) is 4.98 Å². The Labute approximate surface area is 230 Å². The molecule has 0 unspecified atom stereocenters. The highest BCUT2D eigenvalue weighted by Gasteiger charge is 2.30. The Morgan fingerprint density at radius 1 is 1.08 bits per heavy atom. The molecule has 1 saturated heterocycles. The molecule has 1 aromatic heterocycles. The maximum atomic E-state index is 13.2. The number of aromatic nitrogens is 2. The van der Waals surface area contributed by atoms with Gasteiger partial charge in [-0.1, -0.05) is 37.3 Å². The van der Waals surface area contributed by atoms with E-state index in [1.807, 2.05) is 29.2 Å². The van der Waals surface area contributed by atoms with E-state index in [2.05, 4.69) is 53.3 Å². The van der Waals surface area contributed by atoms with Gasteiger partial charge in [0, 0.05) is 43.4 Å². The summed E-state index contributed by atoms with van der Waals surface area (Å²) < 4.78 is 0. The minimum Gasteiger partial charge on any atom is -0.382 e. The number of ketones is 1. The average Bonchev–Trinajstić information content (AvgIpc) is 3.66. The molecule has 39 heavy (non-hydrogen) atoms. The smallest absolute Gasteiger partial charge is 0.254 e. The lowest BCUT2D eigenvalue weighted by molar-refractivity contribution is -0.113. The van der Waals surface area contributed by atoms with Gasteiger partial charge in [-0.25, -0.2) is 4.98 Å². The summed E-state index contributed by atoms with van der Waals surface area (Å²) in [6.07, 6.45) is 8.63. The van der Waals surface area contributed by atoms with Crippen molar-refractivity contribution in [3.8, 4) is 0 Å². The molecule has 7 nitrogen and oxygen atoms in total. The van der Waals surface area contributed by atoms with E-state index in [1.54, 1.807) is 0 Å². The molecule has 6 rings (SSSR count). The molecule has 0 saturated carbocycles. The van der Waals surface area contributed by atoms with Gasteiger partial charge in [-0.2, -0.15) is 0 Å². The number of H-pyrrole nitrogens is 1. The number of Topliss-reactive ketones (excluding diaryl/α,β-unsaturated/α-hetero) is 1. The molecule has 3 heterocycles. The SMILES string of the molecule is CCc1ccccc1C[C@H](C)NC1=C(c2nc3cc4c(cc3[nH]2)CN(CCN2CCCC2)C4=O)C(=O)CC=C1. The van der Waals surface area contributed by atoms with Crippen LogP contribution in [0.2, 0.25) is 0 Å². The molecule has 3 aliphatic rings. The van der Waals surface area contributed by atoms with Gasteiger partial charge in [0.15, 0.2) is 5.78 Å². The molecule has 3 aromatic rings. The number of amides is 1. The third-order valence-electron chi connectivity index (χ3n) is 8.27. The molecule has 2 aromatic carbocycles. The van der Waals surface area contributed by atoms with E-state index in [0.29, 0.717) is 24.4 Å². The van der Waals surface area contributed by atoms with E-state index in [9.17, 15) is 9.59 Å². The fourth-order valence-electron chi connectivity index (χ4n) is 6.19. The number of benzene rings is 2. The van der Waals surface area contributed by atoms with Crippen molar-refractivity contribution in [2.45, 2.75) is 58.5 Å². The number of aryl methyl sites for hydroxylation is 1. The van der Waals surface area contributed by atoms with Crippen molar-refractivity contribution in [3.63, 3.8) is 0 Å².